The number of hydrogen-bond donors (Lipinski definition) is 2. The lowest BCUT2D eigenvalue weighted by molar-refractivity contribution is -0.141. The number of aliphatic hydroxyl groups is 1. The van der Waals surface area contributed by atoms with Gasteiger partial charge in [-0.15, -0.1) is 16.9 Å². The van der Waals surface area contributed by atoms with Crippen LogP contribution >= 0.6 is 23.4 Å². The van der Waals surface area contributed by atoms with E-state index >= 15 is 0 Å². The number of rotatable bonds is 21. The molecule has 4 rings (SSSR count). The Balaban J connectivity index is 1.81. The number of aromatic nitrogens is 3. The molecule has 2 aromatic carbocycles. The molecule has 0 aliphatic rings. The first kappa shape index (κ1) is 48.5. The summed E-state index contributed by atoms with van der Waals surface area (Å²) in [5.74, 6) is 3.81. The van der Waals surface area contributed by atoms with E-state index in [1.807, 2.05) is 20.1 Å². The van der Waals surface area contributed by atoms with Crippen LogP contribution in [0.15, 0.2) is 42.5 Å². The van der Waals surface area contributed by atoms with Crippen LogP contribution in [0, 0.1) is 23.5 Å². The predicted octanol–water partition coefficient (Wildman–Crippen LogP) is 6.39. The molecule has 2 heterocycles. The Bertz CT molecular complexity index is 2130. The summed E-state index contributed by atoms with van der Waals surface area (Å²) in [6.07, 6.45) is -3.00. The smallest absolute Gasteiger partial charge is 0.458 e. The van der Waals surface area contributed by atoms with Gasteiger partial charge in [-0.2, -0.15) is 13.2 Å². The zero-order chi connectivity index (χ0) is 44.0. The Morgan fingerprint density at radius 3 is 2.23 bits per heavy atom. The molecule has 0 aliphatic heterocycles. The highest BCUT2D eigenvalue weighted by atomic mass is 35.5. The fourth-order valence-corrected chi connectivity index (χ4v) is 6.68. The highest BCUT2D eigenvalue weighted by Crippen LogP contribution is 2.42. The lowest BCUT2D eigenvalue weighted by atomic mass is 9.94. The topological polar surface area (TPSA) is 160 Å². The number of nitrogens with one attached hydrogen (secondary N) is 1. The molecule has 0 radical (unpaired) electrons. The van der Waals surface area contributed by atoms with Crippen LogP contribution in [0.4, 0.5) is 32.6 Å². The molecule has 2 amide bonds. The van der Waals surface area contributed by atoms with E-state index in [-0.39, 0.29) is 103 Å². The molecular weight excluding hydrogens is 861 g/mol. The second-order valence-corrected chi connectivity index (χ2v) is 16.3. The van der Waals surface area contributed by atoms with Crippen LogP contribution in [0.2, 0.25) is 5.02 Å². The number of fused-ring (bicyclic) bond motifs is 1. The average Bonchev–Trinajstić information content (AvgIpc) is 3.53. The van der Waals surface area contributed by atoms with Crippen LogP contribution in [0.1, 0.15) is 36.8 Å². The van der Waals surface area contributed by atoms with Gasteiger partial charge in [0.15, 0.2) is 0 Å². The van der Waals surface area contributed by atoms with Crippen molar-refractivity contribution >= 4 is 63.9 Å². The first-order valence-corrected chi connectivity index (χ1v) is 21.2. The summed E-state index contributed by atoms with van der Waals surface area (Å²) in [4.78, 5) is 30.2. The summed E-state index contributed by atoms with van der Waals surface area (Å²) in [5.41, 5.74) is 0.325. The van der Waals surface area contributed by atoms with Gasteiger partial charge in [-0.1, -0.05) is 27.9 Å². The van der Waals surface area contributed by atoms with Gasteiger partial charge < -0.3 is 33.9 Å². The number of alkyl halides is 3. The largest absolute Gasteiger partial charge is 0.593 e. The molecule has 0 saturated heterocycles. The summed E-state index contributed by atoms with van der Waals surface area (Å²) in [6.45, 7) is 2.53. The number of carbonyl (C=O) groups excluding carboxylic acids is 2. The summed E-state index contributed by atoms with van der Waals surface area (Å²) in [7, 11) is 0. The SMILES string of the molecule is CSC(C)(C)C#Cc1ccc(-c2ccc(Cl)c3c(N(C(=O)OCCOCCOCCOCCO)[S+](C)[O-])nn(CC(F)(F)F)c23)c(C(Cc2cc(F)cc(F)c2)NC=O)n1. The molecule has 2 atom stereocenters. The lowest BCUT2D eigenvalue weighted by Crippen LogP contribution is -2.38. The van der Waals surface area contributed by atoms with Crippen LogP contribution in [-0.2, 0) is 48.1 Å². The number of anilines is 1. The van der Waals surface area contributed by atoms with Gasteiger partial charge in [0.1, 0.15) is 36.7 Å². The minimum absolute atomic E-state index is 0.0396. The molecule has 21 heteroatoms. The Morgan fingerprint density at radius 1 is 1.03 bits per heavy atom. The quantitative estimate of drug-likeness (QED) is 0.0314. The number of halogens is 6. The molecule has 0 fully saturated rings. The normalized spacial score (nSPS) is 12.8. The first-order chi connectivity index (χ1) is 28.5. The van der Waals surface area contributed by atoms with Gasteiger partial charge in [0, 0.05) is 17.2 Å². The van der Waals surface area contributed by atoms with Crippen molar-refractivity contribution < 1.29 is 60.1 Å². The van der Waals surface area contributed by atoms with E-state index < -0.39 is 58.4 Å². The second-order valence-electron chi connectivity index (χ2n) is 13.2. The maximum Gasteiger partial charge on any atom is 0.458 e. The number of hydrogen-bond acceptors (Lipinski definition) is 11. The third-order valence-corrected chi connectivity index (χ3v) is 10.7. The van der Waals surface area contributed by atoms with Crippen LogP contribution < -0.4 is 9.62 Å². The molecule has 2 N–H and O–H groups in total. The zero-order valence-corrected chi connectivity index (χ0v) is 35.3. The number of amides is 2. The molecule has 0 aliphatic carbocycles. The van der Waals surface area contributed by atoms with Crippen molar-refractivity contribution in [1.82, 2.24) is 20.1 Å². The van der Waals surface area contributed by atoms with Gasteiger partial charge in [0.2, 0.25) is 12.2 Å². The monoisotopic (exact) mass is 903 g/mol. The van der Waals surface area contributed by atoms with Gasteiger partial charge in [-0.3, -0.25) is 9.48 Å². The van der Waals surface area contributed by atoms with Crippen molar-refractivity contribution in [2.75, 3.05) is 69.7 Å². The third-order valence-electron chi connectivity index (χ3n) is 8.38. The fourth-order valence-electron chi connectivity index (χ4n) is 5.66. The Labute approximate surface area is 355 Å². The predicted molar refractivity (Wildman–Crippen MR) is 218 cm³/mol. The third kappa shape index (κ3) is 13.9. The molecule has 0 saturated carbocycles. The summed E-state index contributed by atoms with van der Waals surface area (Å²) >= 11 is 5.88. The van der Waals surface area contributed by atoms with Crippen molar-refractivity contribution in [2.45, 2.75) is 43.8 Å². The van der Waals surface area contributed by atoms with Crippen LogP contribution in [-0.4, -0.2) is 113 Å². The fraction of sp³-hybridized carbons (Fsp3) is 0.436. The molecule has 13 nitrogen and oxygen atoms in total. The summed E-state index contributed by atoms with van der Waals surface area (Å²) in [6, 6.07) is 7.44. The molecule has 0 bridgehead atoms. The molecule has 326 valence electrons. The Hall–Kier alpha value is -4.20. The van der Waals surface area contributed by atoms with E-state index in [4.69, 9.17) is 40.6 Å². The van der Waals surface area contributed by atoms with E-state index in [1.54, 1.807) is 0 Å². The summed E-state index contributed by atoms with van der Waals surface area (Å²) in [5, 5.41) is 15.1. The van der Waals surface area contributed by atoms with Gasteiger partial charge in [-0.25, -0.2) is 18.6 Å². The van der Waals surface area contributed by atoms with Crippen molar-refractivity contribution in [3.05, 3.63) is 76.1 Å². The molecular formula is C39H43ClF5N5O8S2. The molecule has 0 spiro atoms. The van der Waals surface area contributed by atoms with Crippen LogP contribution in [0.25, 0.3) is 22.0 Å². The number of thioether (sulfide) groups is 1. The minimum atomic E-state index is -4.87. The Morgan fingerprint density at radius 2 is 1.65 bits per heavy atom. The van der Waals surface area contributed by atoms with Crippen molar-refractivity contribution in [3.63, 3.8) is 0 Å². The van der Waals surface area contributed by atoms with Gasteiger partial charge >= 0.3 is 12.3 Å². The zero-order valence-electron chi connectivity index (χ0n) is 32.9. The van der Waals surface area contributed by atoms with Crippen molar-refractivity contribution in [2.24, 2.45) is 0 Å². The van der Waals surface area contributed by atoms with Crippen molar-refractivity contribution in [1.29, 1.82) is 0 Å². The molecule has 4 aromatic rings. The van der Waals surface area contributed by atoms with E-state index in [2.05, 4.69) is 22.3 Å². The average molecular weight is 904 g/mol. The highest BCUT2D eigenvalue weighted by molar-refractivity contribution is 8.00. The van der Waals surface area contributed by atoms with E-state index in [0.29, 0.717) is 21.5 Å². The molecule has 2 aromatic heterocycles. The Kier molecular flexibility index (Phi) is 18.2. The maximum absolute atomic E-state index is 14.3. The van der Waals surface area contributed by atoms with E-state index in [0.717, 1.165) is 18.4 Å². The number of benzene rings is 2. The van der Waals surface area contributed by atoms with E-state index in [1.165, 1.54) is 36.0 Å². The first-order valence-electron chi connectivity index (χ1n) is 18.1. The highest BCUT2D eigenvalue weighted by Gasteiger charge is 2.37. The minimum Gasteiger partial charge on any atom is -0.593 e. The second kappa shape index (κ2) is 22.6. The summed E-state index contributed by atoms with van der Waals surface area (Å²) < 4.78 is 106. The number of carbonyl (C=O) groups is 2. The number of ether oxygens (including phenoxy) is 4. The van der Waals surface area contributed by atoms with Gasteiger partial charge in [-0.05, 0) is 68.3 Å². The molecule has 2 unspecified atom stereocenters. The molecule has 60 heavy (non-hydrogen) atoms. The number of aliphatic hydroxyl groups excluding tert-OH is 1. The lowest BCUT2D eigenvalue weighted by Gasteiger charge is -2.21. The van der Waals surface area contributed by atoms with E-state index in [9.17, 15) is 36.1 Å². The number of pyridine rings is 1. The van der Waals surface area contributed by atoms with Crippen molar-refractivity contribution in [3.8, 4) is 23.0 Å². The maximum atomic E-state index is 14.3. The van der Waals surface area contributed by atoms with Crippen LogP contribution in [0.3, 0.4) is 0 Å². The number of nitrogens with zero attached hydrogens (tertiary/aromatic N) is 4. The standard InChI is InChI=1S/C39H43ClF5N5O8S2/c1-38(2,59-3)10-9-28-5-6-29(34(47-28)32(46-24-52)21-25-19-26(41)22-27(42)20-25)30-7-8-31(40)33-35(30)49(23-39(43,44)45)48-36(33)50(60(4)54)37(53)58-18-17-57-16-15-56-14-13-55-12-11-51/h5-8,19-20,22,24,32,51H,11-18,21,23H2,1-4H3,(H,46,52). The van der Waals surface area contributed by atoms with Gasteiger partial charge in [0.05, 0.1) is 90.0 Å². The van der Waals surface area contributed by atoms with Gasteiger partial charge in [0.25, 0.3) is 0 Å². The van der Waals surface area contributed by atoms with Crippen LogP contribution in [0.5, 0.6) is 0 Å².